The van der Waals surface area contributed by atoms with E-state index >= 15 is 0 Å². The van der Waals surface area contributed by atoms with Crippen molar-refractivity contribution in [3.8, 4) is 0 Å². The molecule has 0 aliphatic heterocycles. The number of alkyl halides is 3. The molecule has 0 rings (SSSR count). The fourth-order valence-corrected chi connectivity index (χ4v) is 0.358. The van der Waals surface area contributed by atoms with Gasteiger partial charge < -0.3 is 5.73 Å². The van der Waals surface area contributed by atoms with E-state index in [2.05, 4.69) is 5.73 Å². The van der Waals surface area contributed by atoms with Crippen LogP contribution in [-0.4, -0.2) is 18.1 Å². The van der Waals surface area contributed by atoms with Crippen molar-refractivity contribution in [3.05, 3.63) is 0 Å². The molecule has 0 spiro atoms. The molecule has 0 saturated heterocycles. The fraction of sp³-hybridized carbons (Fsp3) is 0.500. The molecule has 0 aliphatic rings. The minimum Gasteiger partial charge on any atom is -0.350 e. The first kappa shape index (κ1) is 10.5. The highest BCUT2D eigenvalue weighted by Crippen LogP contribution is 2.18. The van der Waals surface area contributed by atoms with Crippen LogP contribution in [0.5, 0.6) is 0 Å². The van der Waals surface area contributed by atoms with Gasteiger partial charge in [0, 0.05) is 0 Å². The number of hydrogen-bond donors (Lipinski definition) is 3. The summed E-state index contributed by atoms with van der Waals surface area (Å²) in [6, 6.07) is -1.13. The number of carbonyl (C=O) groups excluding carboxylic acids is 2. The Morgan fingerprint density at radius 1 is 1.25 bits per heavy atom. The summed E-state index contributed by atoms with van der Waals surface area (Å²) < 4.78 is 34.3. The number of hydrogen-bond acceptors (Lipinski definition) is 2. The van der Waals surface area contributed by atoms with Crippen LogP contribution in [0.15, 0.2) is 0 Å². The average molecular weight is 185 g/mol. The minimum absolute atomic E-state index is 1.13. The van der Waals surface area contributed by atoms with Crippen LogP contribution in [0.25, 0.3) is 0 Å². The second-order valence-electron chi connectivity index (χ2n) is 1.83. The number of urea groups is 1. The highest BCUT2D eigenvalue weighted by molar-refractivity contribution is 5.80. The van der Waals surface area contributed by atoms with Crippen molar-refractivity contribution in [2.24, 2.45) is 5.73 Å². The Labute approximate surface area is 65.1 Å². The Kier molecular flexibility index (Phi) is 3.32. The van der Waals surface area contributed by atoms with Crippen molar-refractivity contribution < 1.29 is 22.8 Å². The zero-order chi connectivity index (χ0) is 9.78. The molecule has 4 N–H and O–H groups in total. The van der Waals surface area contributed by atoms with E-state index in [9.17, 15) is 22.8 Å². The maximum atomic E-state index is 11.4. The fourth-order valence-electron chi connectivity index (χ4n) is 0.358. The highest BCUT2D eigenvalue weighted by Gasteiger charge is 2.31. The summed E-state index contributed by atoms with van der Waals surface area (Å²) in [7, 11) is 0. The van der Waals surface area contributed by atoms with E-state index in [1.807, 2.05) is 0 Å². The van der Waals surface area contributed by atoms with Gasteiger partial charge in [0.1, 0.15) is 6.42 Å². The van der Waals surface area contributed by atoms with Crippen molar-refractivity contribution in [2.75, 3.05) is 0 Å². The van der Waals surface area contributed by atoms with Gasteiger partial charge >= 0.3 is 12.2 Å². The molecule has 0 aromatic rings. The Bertz CT molecular complexity index is 190. The van der Waals surface area contributed by atoms with Crippen molar-refractivity contribution >= 4 is 11.9 Å². The zero-order valence-corrected chi connectivity index (χ0v) is 5.73. The molecule has 12 heavy (non-hydrogen) atoms. The average Bonchev–Trinajstić information content (AvgIpc) is 1.79. The Morgan fingerprint density at radius 2 is 1.75 bits per heavy atom. The number of rotatable bonds is 1. The molecule has 0 aromatic carbocycles. The number of nitrogens with two attached hydrogens (primary N) is 1. The van der Waals surface area contributed by atoms with Crippen LogP contribution in [-0.2, 0) is 4.79 Å². The predicted octanol–water partition coefficient (Wildman–Crippen LogP) is -0.362. The molecule has 8 heteroatoms. The number of amides is 3. The van der Waals surface area contributed by atoms with Crippen LogP contribution in [0.2, 0.25) is 0 Å². The largest absolute Gasteiger partial charge is 0.397 e. The zero-order valence-electron chi connectivity index (χ0n) is 5.73. The normalized spacial score (nSPS) is 10.6. The molecule has 5 nitrogen and oxygen atoms in total. The third-order valence-corrected chi connectivity index (χ3v) is 0.686. The topological polar surface area (TPSA) is 84.2 Å². The molecule has 0 saturated carbocycles. The van der Waals surface area contributed by atoms with E-state index in [-0.39, 0.29) is 0 Å². The lowest BCUT2D eigenvalue weighted by Gasteiger charge is -2.06. The van der Waals surface area contributed by atoms with Crippen LogP contribution in [0, 0.1) is 0 Å². The van der Waals surface area contributed by atoms with E-state index < -0.39 is 24.5 Å². The van der Waals surface area contributed by atoms with E-state index in [1.54, 1.807) is 0 Å². The number of nitrogens with one attached hydrogen (secondary N) is 2. The van der Waals surface area contributed by atoms with Gasteiger partial charge in [-0.2, -0.15) is 13.2 Å². The molecule has 0 atom stereocenters. The number of hydrazine groups is 1. The summed E-state index contributed by atoms with van der Waals surface area (Å²) in [5, 5.41) is 0. The second-order valence-corrected chi connectivity index (χ2v) is 1.83. The maximum absolute atomic E-state index is 11.4. The molecule has 0 unspecified atom stereocenters. The van der Waals surface area contributed by atoms with Gasteiger partial charge in [0.15, 0.2) is 0 Å². The summed E-state index contributed by atoms with van der Waals surface area (Å²) in [4.78, 5) is 20.1. The minimum atomic E-state index is -4.59. The molecule has 0 radical (unpaired) electrons. The second kappa shape index (κ2) is 3.79. The molecule has 0 bridgehead atoms. The van der Waals surface area contributed by atoms with E-state index in [4.69, 9.17) is 0 Å². The van der Waals surface area contributed by atoms with Gasteiger partial charge in [-0.1, -0.05) is 0 Å². The first-order chi connectivity index (χ1) is 5.31. The SMILES string of the molecule is NC(=O)NNC(=O)CC(F)(F)F. The first-order valence-corrected chi connectivity index (χ1v) is 2.72. The standard InChI is InChI=1S/C4H6F3N3O2/c5-4(6,7)1-2(11)9-10-3(8)12/h1H2,(H,9,11)(H3,8,10,12). The Hall–Kier alpha value is -1.47. The number of carbonyl (C=O) groups is 2. The van der Waals surface area contributed by atoms with E-state index in [1.165, 1.54) is 10.9 Å². The van der Waals surface area contributed by atoms with Crippen molar-refractivity contribution in [2.45, 2.75) is 12.6 Å². The maximum Gasteiger partial charge on any atom is 0.397 e. The molecule has 0 aromatic heterocycles. The van der Waals surface area contributed by atoms with Crippen LogP contribution in [0.1, 0.15) is 6.42 Å². The molecule has 3 amide bonds. The van der Waals surface area contributed by atoms with Crippen molar-refractivity contribution in [3.63, 3.8) is 0 Å². The number of primary amides is 1. The smallest absolute Gasteiger partial charge is 0.350 e. The molecule has 0 heterocycles. The third-order valence-electron chi connectivity index (χ3n) is 0.686. The van der Waals surface area contributed by atoms with Gasteiger partial charge in [-0.15, -0.1) is 0 Å². The summed E-state index contributed by atoms with van der Waals surface area (Å²) in [6.07, 6.45) is -6.25. The predicted molar refractivity (Wildman–Crippen MR) is 31.5 cm³/mol. The van der Waals surface area contributed by atoms with Gasteiger partial charge in [-0.25, -0.2) is 10.2 Å². The lowest BCUT2D eigenvalue weighted by molar-refractivity contribution is -0.154. The lowest BCUT2D eigenvalue weighted by atomic mass is 10.4. The van der Waals surface area contributed by atoms with Gasteiger partial charge in [0.25, 0.3) is 0 Å². The summed E-state index contributed by atoms with van der Waals surface area (Å²) in [5.74, 6) is -1.37. The lowest BCUT2D eigenvalue weighted by Crippen LogP contribution is -2.45. The van der Waals surface area contributed by atoms with E-state index in [0.717, 1.165) is 0 Å². The molecule has 0 fully saturated rings. The summed E-state index contributed by atoms with van der Waals surface area (Å²) in [6.45, 7) is 0. The Morgan fingerprint density at radius 3 is 2.08 bits per heavy atom. The van der Waals surface area contributed by atoms with Crippen LogP contribution >= 0.6 is 0 Å². The third kappa shape index (κ3) is 6.65. The van der Waals surface area contributed by atoms with Crippen LogP contribution < -0.4 is 16.6 Å². The monoisotopic (exact) mass is 185 g/mol. The van der Waals surface area contributed by atoms with Crippen molar-refractivity contribution in [1.29, 1.82) is 0 Å². The molecular formula is C4H6F3N3O2. The van der Waals surface area contributed by atoms with Crippen molar-refractivity contribution in [1.82, 2.24) is 10.9 Å². The van der Waals surface area contributed by atoms with E-state index in [0.29, 0.717) is 0 Å². The highest BCUT2D eigenvalue weighted by atomic mass is 19.4. The van der Waals surface area contributed by atoms with Gasteiger partial charge in [-0.3, -0.25) is 10.2 Å². The van der Waals surface area contributed by atoms with Gasteiger partial charge in [0.2, 0.25) is 5.91 Å². The number of halogens is 3. The quantitative estimate of drug-likeness (QED) is 0.487. The first-order valence-electron chi connectivity index (χ1n) is 2.72. The molecule has 70 valence electrons. The van der Waals surface area contributed by atoms with Gasteiger partial charge in [-0.05, 0) is 0 Å². The molecular weight excluding hydrogens is 179 g/mol. The summed E-state index contributed by atoms with van der Waals surface area (Å²) >= 11 is 0. The van der Waals surface area contributed by atoms with Crippen LogP contribution in [0.4, 0.5) is 18.0 Å². The molecule has 0 aliphatic carbocycles. The van der Waals surface area contributed by atoms with Crippen LogP contribution in [0.3, 0.4) is 0 Å². The Balaban J connectivity index is 3.68. The summed E-state index contributed by atoms with van der Waals surface area (Å²) in [5.41, 5.74) is 7.42. The van der Waals surface area contributed by atoms with Gasteiger partial charge in [0.05, 0.1) is 0 Å².